The Morgan fingerprint density at radius 2 is 1.94 bits per heavy atom. The second kappa shape index (κ2) is 5.20. The first-order valence-electron chi connectivity index (χ1n) is 4.44. The topological polar surface area (TPSA) is 57.6 Å². The third-order valence-corrected chi connectivity index (χ3v) is 1.92. The maximum Gasteiger partial charge on any atom is 0.305 e. The lowest BCUT2D eigenvalue weighted by molar-refractivity contribution is -0.136. The summed E-state index contributed by atoms with van der Waals surface area (Å²) in [4.78, 5) is 21.6. The van der Waals surface area contributed by atoms with Crippen molar-refractivity contribution in [2.45, 2.75) is 6.42 Å². The normalized spacial score (nSPS) is 9.88. The molecule has 0 radical (unpaired) electrons. The van der Waals surface area contributed by atoms with Crippen molar-refractivity contribution in [3.05, 3.63) is 29.8 Å². The third kappa shape index (κ3) is 2.75. The van der Waals surface area contributed by atoms with E-state index in [1.807, 2.05) is 0 Å². The maximum absolute atomic E-state index is 13.2. The number of anilines is 1. The number of amides is 1. The summed E-state index contributed by atoms with van der Waals surface area (Å²) in [5.74, 6) is -2.96. The summed E-state index contributed by atoms with van der Waals surface area (Å²) in [6, 6.07) is 3.15. The van der Waals surface area contributed by atoms with Gasteiger partial charge in [-0.05, 0) is 12.1 Å². The average Bonchev–Trinajstić information content (AvgIpc) is 2.22. The molecule has 0 saturated heterocycles. The average molecular weight is 229 g/mol. The molecule has 16 heavy (non-hydrogen) atoms. The molecule has 0 aliphatic carbocycles. The highest BCUT2D eigenvalue weighted by molar-refractivity contribution is 5.77. The number of para-hydroxylation sites is 1. The maximum atomic E-state index is 13.2. The molecule has 1 rings (SSSR count). The molecule has 0 saturated carbocycles. The molecule has 1 amide bonds. The standard InChI is InChI=1S/C10H9F2NO3/c11-7-2-1-3-8(12)10(7)13(6-14)5-4-9(15)16/h1-3,6H,4-5H2,(H,15,16). The van der Waals surface area contributed by atoms with Crippen LogP contribution in [0.3, 0.4) is 0 Å². The van der Waals surface area contributed by atoms with Crippen LogP contribution in [0.4, 0.5) is 14.5 Å². The van der Waals surface area contributed by atoms with Gasteiger partial charge in [0.25, 0.3) is 0 Å². The largest absolute Gasteiger partial charge is 0.481 e. The molecule has 0 aliphatic rings. The molecule has 1 N–H and O–H groups in total. The highest BCUT2D eigenvalue weighted by Crippen LogP contribution is 2.22. The molecule has 86 valence electrons. The summed E-state index contributed by atoms with van der Waals surface area (Å²) in [6.07, 6.45) is -0.184. The van der Waals surface area contributed by atoms with Crippen molar-refractivity contribution in [2.24, 2.45) is 0 Å². The van der Waals surface area contributed by atoms with Gasteiger partial charge in [-0.2, -0.15) is 0 Å². The van der Waals surface area contributed by atoms with Crippen molar-refractivity contribution in [1.29, 1.82) is 0 Å². The molecule has 4 nitrogen and oxygen atoms in total. The minimum absolute atomic E-state index is 0.199. The number of hydrogen-bond acceptors (Lipinski definition) is 2. The number of benzene rings is 1. The number of carbonyl (C=O) groups excluding carboxylic acids is 1. The van der Waals surface area contributed by atoms with E-state index in [-0.39, 0.29) is 19.4 Å². The van der Waals surface area contributed by atoms with Gasteiger partial charge < -0.3 is 10.0 Å². The molecule has 6 heteroatoms. The zero-order chi connectivity index (χ0) is 12.1. The molecule has 0 aromatic heterocycles. The van der Waals surface area contributed by atoms with Crippen molar-refractivity contribution in [3.8, 4) is 0 Å². The minimum atomic E-state index is -1.15. The van der Waals surface area contributed by atoms with Crippen LogP contribution in [-0.4, -0.2) is 24.0 Å². The van der Waals surface area contributed by atoms with Crippen LogP contribution in [0.1, 0.15) is 6.42 Å². The summed E-state index contributed by atoms with van der Waals surface area (Å²) in [6.45, 7) is -0.281. The van der Waals surface area contributed by atoms with E-state index in [0.29, 0.717) is 4.90 Å². The van der Waals surface area contributed by atoms with Gasteiger partial charge in [0.05, 0.1) is 6.42 Å². The number of halogens is 2. The molecular weight excluding hydrogens is 220 g/mol. The number of hydrogen-bond donors (Lipinski definition) is 1. The van der Waals surface area contributed by atoms with Crippen LogP contribution in [0.15, 0.2) is 18.2 Å². The van der Waals surface area contributed by atoms with E-state index in [1.165, 1.54) is 0 Å². The molecular formula is C10H9F2NO3. The number of rotatable bonds is 5. The fourth-order valence-electron chi connectivity index (χ4n) is 1.20. The van der Waals surface area contributed by atoms with Gasteiger partial charge >= 0.3 is 5.97 Å². The van der Waals surface area contributed by atoms with Crippen LogP contribution in [0.25, 0.3) is 0 Å². The van der Waals surface area contributed by atoms with Crippen LogP contribution in [0.2, 0.25) is 0 Å². The van der Waals surface area contributed by atoms with Gasteiger partial charge in [0, 0.05) is 6.54 Å². The van der Waals surface area contributed by atoms with Crippen molar-refractivity contribution < 1.29 is 23.5 Å². The van der Waals surface area contributed by atoms with Crippen LogP contribution in [-0.2, 0) is 9.59 Å². The van der Waals surface area contributed by atoms with Gasteiger partial charge in [0.15, 0.2) is 0 Å². The molecule has 0 unspecified atom stereocenters. The minimum Gasteiger partial charge on any atom is -0.481 e. The monoisotopic (exact) mass is 229 g/mol. The zero-order valence-electron chi connectivity index (χ0n) is 8.19. The van der Waals surface area contributed by atoms with Crippen molar-refractivity contribution in [2.75, 3.05) is 11.4 Å². The molecule has 0 fully saturated rings. The van der Waals surface area contributed by atoms with Gasteiger partial charge in [0.1, 0.15) is 17.3 Å². The summed E-state index contributed by atoms with van der Waals surface area (Å²) in [5.41, 5.74) is -0.529. The van der Waals surface area contributed by atoms with Crippen LogP contribution in [0, 0.1) is 11.6 Å². The Labute approximate surface area is 90.1 Å². The molecule has 0 spiro atoms. The van der Waals surface area contributed by atoms with Crippen molar-refractivity contribution in [3.63, 3.8) is 0 Å². The number of nitrogens with zero attached hydrogens (tertiary/aromatic N) is 1. The van der Waals surface area contributed by atoms with Crippen LogP contribution < -0.4 is 4.90 Å². The summed E-state index contributed by atoms with van der Waals surface area (Å²) >= 11 is 0. The van der Waals surface area contributed by atoms with Crippen LogP contribution in [0.5, 0.6) is 0 Å². The summed E-state index contributed by atoms with van der Waals surface area (Å²) in [5, 5.41) is 8.41. The van der Waals surface area contributed by atoms with Crippen molar-refractivity contribution in [1.82, 2.24) is 0 Å². The fraction of sp³-hybridized carbons (Fsp3) is 0.200. The second-order valence-corrected chi connectivity index (χ2v) is 3.01. The predicted octanol–water partition coefficient (Wildman–Crippen LogP) is 1.40. The fourth-order valence-corrected chi connectivity index (χ4v) is 1.20. The van der Waals surface area contributed by atoms with Crippen LogP contribution >= 0.6 is 0 Å². The first-order valence-corrected chi connectivity index (χ1v) is 4.44. The highest BCUT2D eigenvalue weighted by atomic mass is 19.1. The molecule has 0 heterocycles. The quantitative estimate of drug-likeness (QED) is 0.776. The van der Waals surface area contributed by atoms with E-state index in [0.717, 1.165) is 18.2 Å². The first kappa shape index (κ1) is 12.1. The third-order valence-electron chi connectivity index (χ3n) is 1.92. The summed E-state index contributed by atoms with van der Waals surface area (Å²) in [7, 11) is 0. The van der Waals surface area contributed by atoms with E-state index < -0.39 is 23.3 Å². The Kier molecular flexibility index (Phi) is 3.93. The molecule has 0 atom stereocenters. The van der Waals surface area contributed by atoms with E-state index in [9.17, 15) is 18.4 Å². The van der Waals surface area contributed by atoms with E-state index >= 15 is 0 Å². The molecule has 1 aromatic rings. The number of carboxylic acid groups (broad SMARTS) is 1. The number of carbonyl (C=O) groups is 2. The van der Waals surface area contributed by atoms with E-state index in [1.54, 1.807) is 0 Å². The van der Waals surface area contributed by atoms with Gasteiger partial charge in [-0.15, -0.1) is 0 Å². The van der Waals surface area contributed by atoms with E-state index in [4.69, 9.17) is 5.11 Å². The zero-order valence-corrected chi connectivity index (χ0v) is 8.19. The smallest absolute Gasteiger partial charge is 0.305 e. The lowest BCUT2D eigenvalue weighted by Crippen LogP contribution is -2.26. The Bertz CT molecular complexity index is 389. The lowest BCUT2D eigenvalue weighted by atomic mass is 10.2. The Morgan fingerprint density at radius 1 is 1.38 bits per heavy atom. The number of carboxylic acids is 1. The predicted molar refractivity (Wildman–Crippen MR) is 52.0 cm³/mol. The van der Waals surface area contributed by atoms with Gasteiger partial charge in [-0.3, -0.25) is 9.59 Å². The first-order chi connectivity index (χ1) is 7.56. The lowest BCUT2D eigenvalue weighted by Gasteiger charge is -2.17. The molecule has 0 bridgehead atoms. The Hall–Kier alpha value is -1.98. The molecule has 0 aliphatic heterocycles. The Morgan fingerprint density at radius 3 is 2.38 bits per heavy atom. The van der Waals surface area contributed by atoms with E-state index in [2.05, 4.69) is 0 Å². The highest BCUT2D eigenvalue weighted by Gasteiger charge is 2.16. The second-order valence-electron chi connectivity index (χ2n) is 3.01. The Balaban J connectivity index is 2.94. The SMILES string of the molecule is O=CN(CCC(=O)O)c1c(F)cccc1F. The van der Waals surface area contributed by atoms with Gasteiger partial charge in [-0.25, -0.2) is 8.78 Å². The van der Waals surface area contributed by atoms with Gasteiger partial charge in [-0.1, -0.05) is 6.07 Å². The molecule has 1 aromatic carbocycles. The van der Waals surface area contributed by atoms with Crippen molar-refractivity contribution >= 4 is 18.1 Å². The number of aliphatic carboxylic acids is 1. The van der Waals surface area contributed by atoms with Gasteiger partial charge in [0.2, 0.25) is 6.41 Å². The summed E-state index contributed by atoms with van der Waals surface area (Å²) < 4.78 is 26.4.